The maximum Gasteiger partial charge on any atom is 0.307 e. The van der Waals surface area contributed by atoms with E-state index in [1.165, 1.54) is 6.92 Å². The van der Waals surface area contributed by atoms with Crippen LogP contribution in [0.3, 0.4) is 0 Å². The van der Waals surface area contributed by atoms with Gasteiger partial charge in [0.2, 0.25) is 0 Å². The van der Waals surface area contributed by atoms with Crippen LogP contribution >= 0.6 is 11.6 Å². The Kier molecular flexibility index (Phi) is 8.02. The van der Waals surface area contributed by atoms with Gasteiger partial charge in [-0.2, -0.15) is 0 Å². The number of halogens is 1. The van der Waals surface area contributed by atoms with Gasteiger partial charge in [0.1, 0.15) is 5.75 Å². The molecule has 7 heteroatoms. The Hall–Kier alpha value is -2.86. The number of ether oxygens (including phenoxy) is 2. The molecule has 2 rings (SSSR count). The Balaban J connectivity index is 1.79. The highest BCUT2D eigenvalue weighted by atomic mass is 35.5. The summed E-state index contributed by atoms with van der Waals surface area (Å²) in [6.07, 6.45) is -1.11. The lowest BCUT2D eigenvalue weighted by molar-refractivity contribution is -0.153. The van der Waals surface area contributed by atoms with Crippen LogP contribution in [-0.4, -0.2) is 30.4 Å². The van der Waals surface area contributed by atoms with Gasteiger partial charge in [-0.15, -0.1) is 0 Å². The zero-order chi connectivity index (χ0) is 20.5. The highest BCUT2D eigenvalue weighted by molar-refractivity contribution is 6.30. The highest BCUT2D eigenvalue weighted by Crippen LogP contribution is 2.16. The fraction of sp³-hybridized carbons (Fsp3) is 0.286. The Morgan fingerprint density at radius 3 is 2.43 bits per heavy atom. The standard InChI is InChI=1S/C21H22ClNO5/c1-3-27-18-9-7-15(8-10-18)19(24)11-12-20(25)28-14(2)21(26)23-17-6-4-5-16(22)13-17/h4-10,13-14H,3,11-12H2,1-2H3,(H,23,26)/t14-/m0/s1. The molecule has 148 valence electrons. The van der Waals surface area contributed by atoms with Gasteiger partial charge in [-0.05, 0) is 56.3 Å². The second kappa shape index (κ2) is 10.5. The predicted octanol–water partition coefficient (Wildman–Crippen LogP) is 4.27. The third-order valence-corrected chi connectivity index (χ3v) is 4.05. The summed E-state index contributed by atoms with van der Waals surface area (Å²) in [4.78, 5) is 36.2. The van der Waals surface area contributed by atoms with Gasteiger partial charge in [-0.3, -0.25) is 14.4 Å². The van der Waals surface area contributed by atoms with Gasteiger partial charge in [-0.25, -0.2) is 0 Å². The first kappa shape index (κ1) is 21.4. The van der Waals surface area contributed by atoms with Crippen molar-refractivity contribution in [3.05, 3.63) is 59.1 Å². The van der Waals surface area contributed by atoms with Gasteiger partial charge >= 0.3 is 5.97 Å². The number of Topliss-reactive ketones (excluding diaryl/α,β-unsaturated/α-hetero) is 1. The third-order valence-electron chi connectivity index (χ3n) is 3.81. The molecule has 0 saturated heterocycles. The molecular weight excluding hydrogens is 382 g/mol. The van der Waals surface area contributed by atoms with Gasteiger partial charge < -0.3 is 14.8 Å². The Morgan fingerprint density at radius 2 is 1.79 bits per heavy atom. The maximum absolute atomic E-state index is 12.2. The molecule has 1 amide bonds. The molecule has 2 aromatic carbocycles. The average Bonchev–Trinajstić information content (AvgIpc) is 2.67. The lowest BCUT2D eigenvalue weighted by atomic mass is 10.1. The highest BCUT2D eigenvalue weighted by Gasteiger charge is 2.19. The summed E-state index contributed by atoms with van der Waals surface area (Å²) >= 11 is 5.86. The molecule has 0 aromatic heterocycles. The minimum absolute atomic E-state index is 0.00452. The lowest BCUT2D eigenvalue weighted by Crippen LogP contribution is -2.30. The van der Waals surface area contributed by atoms with Crippen molar-refractivity contribution in [2.24, 2.45) is 0 Å². The van der Waals surface area contributed by atoms with Crippen LogP contribution in [0.5, 0.6) is 5.75 Å². The monoisotopic (exact) mass is 403 g/mol. The molecule has 0 bridgehead atoms. The summed E-state index contributed by atoms with van der Waals surface area (Å²) in [7, 11) is 0. The van der Waals surface area contributed by atoms with E-state index in [1.54, 1.807) is 48.5 Å². The van der Waals surface area contributed by atoms with Crippen LogP contribution in [0.25, 0.3) is 0 Å². The molecule has 6 nitrogen and oxygen atoms in total. The number of hydrogen-bond acceptors (Lipinski definition) is 5. The number of ketones is 1. The molecule has 1 N–H and O–H groups in total. The lowest BCUT2D eigenvalue weighted by Gasteiger charge is -2.13. The topological polar surface area (TPSA) is 81.7 Å². The second-order valence-corrected chi connectivity index (χ2v) is 6.45. The van der Waals surface area contributed by atoms with E-state index in [0.717, 1.165) is 0 Å². The Bertz CT molecular complexity index is 835. The first-order chi connectivity index (χ1) is 13.4. The van der Waals surface area contributed by atoms with Crippen molar-refractivity contribution in [2.75, 3.05) is 11.9 Å². The Labute approximate surface area is 168 Å². The zero-order valence-electron chi connectivity index (χ0n) is 15.7. The van der Waals surface area contributed by atoms with Crippen LogP contribution in [0.1, 0.15) is 37.0 Å². The van der Waals surface area contributed by atoms with E-state index >= 15 is 0 Å². The molecule has 0 heterocycles. The maximum atomic E-state index is 12.2. The Morgan fingerprint density at radius 1 is 1.07 bits per heavy atom. The average molecular weight is 404 g/mol. The van der Waals surface area contributed by atoms with Crippen LogP contribution < -0.4 is 10.1 Å². The summed E-state index contributed by atoms with van der Waals surface area (Å²) in [6.45, 7) is 3.88. The third kappa shape index (κ3) is 6.70. The predicted molar refractivity (Wildman–Crippen MR) is 107 cm³/mol. The number of rotatable bonds is 9. The molecule has 0 fully saturated rings. The smallest absolute Gasteiger partial charge is 0.307 e. The normalized spacial score (nSPS) is 11.4. The van der Waals surface area contributed by atoms with Crippen LogP contribution in [0.2, 0.25) is 5.02 Å². The molecule has 0 saturated carbocycles. The van der Waals surface area contributed by atoms with Crippen molar-refractivity contribution < 1.29 is 23.9 Å². The van der Waals surface area contributed by atoms with E-state index in [0.29, 0.717) is 28.6 Å². The minimum atomic E-state index is -0.993. The molecular formula is C21H22ClNO5. The molecule has 0 aliphatic rings. The van der Waals surface area contributed by atoms with Crippen LogP contribution in [0.15, 0.2) is 48.5 Å². The molecule has 0 unspecified atom stereocenters. The molecule has 0 spiro atoms. The van der Waals surface area contributed by atoms with Gasteiger partial charge in [-0.1, -0.05) is 17.7 Å². The van der Waals surface area contributed by atoms with E-state index in [9.17, 15) is 14.4 Å². The van der Waals surface area contributed by atoms with Crippen LogP contribution in [-0.2, 0) is 14.3 Å². The van der Waals surface area contributed by atoms with Crippen molar-refractivity contribution >= 4 is 34.9 Å². The minimum Gasteiger partial charge on any atom is -0.494 e. The van der Waals surface area contributed by atoms with Crippen LogP contribution in [0.4, 0.5) is 5.69 Å². The molecule has 0 aliphatic heterocycles. The van der Waals surface area contributed by atoms with Gasteiger partial charge in [0, 0.05) is 22.7 Å². The zero-order valence-corrected chi connectivity index (χ0v) is 16.5. The van der Waals surface area contributed by atoms with Crippen LogP contribution in [0, 0.1) is 0 Å². The van der Waals surface area contributed by atoms with Crippen molar-refractivity contribution in [2.45, 2.75) is 32.8 Å². The number of benzene rings is 2. The van der Waals surface area contributed by atoms with E-state index in [1.807, 2.05) is 6.92 Å². The van der Waals surface area contributed by atoms with Gasteiger partial charge in [0.05, 0.1) is 13.0 Å². The van der Waals surface area contributed by atoms with E-state index < -0.39 is 18.0 Å². The summed E-state index contributed by atoms with van der Waals surface area (Å²) in [6, 6.07) is 13.4. The number of anilines is 1. The van der Waals surface area contributed by atoms with E-state index in [2.05, 4.69) is 5.32 Å². The van der Waals surface area contributed by atoms with E-state index in [-0.39, 0.29) is 18.6 Å². The van der Waals surface area contributed by atoms with E-state index in [4.69, 9.17) is 21.1 Å². The molecule has 0 radical (unpaired) electrons. The van der Waals surface area contributed by atoms with Crippen molar-refractivity contribution in [1.82, 2.24) is 0 Å². The first-order valence-corrected chi connectivity index (χ1v) is 9.28. The number of amides is 1. The second-order valence-electron chi connectivity index (χ2n) is 6.01. The summed E-state index contributed by atoms with van der Waals surface area (Å²) < 4.78 is 10.4. The number of carbonyl (C=O) groups excluding carboxylic acids is 3. The summed E-state index contributed by atoms with van der Waals surface area (Å²) in [5, 5.41) is 3.10. The van der Waals surface area contributed by atoms with Gasteiger partial charge in [0.25, 0.3) is 5.91 Å². The van der Waals surface area contributed by atoms with Crippen molar-refractivity contribution in [3.63, 3.8) is 0 Å². The molecule has 1 atom stereocenters. The fourth-order valence-corrected chi connectivity index (χ4v) is 2.57. The molecule has 2 aromatic rings. The first-order valence-electron chi connectivity index (χ1n) is 8.91. The van der Waals surface area contributed by atoms with Gasteiger partial charge in [0.15, 0.2) is 11.9 Å². The summed E-state index contributed by atoms with van der Waals surface area (Å²) in [5.74, 6) is -0.601. The number of carbonyl (C=O) groups is 3. The number of hydrogen-bond donors (Lipinski definition) is 1. The number of esters is 1. The summed E-state index contributed by atoms with van der Waals surface area (Å²) in [5.41, 5.74) is 0.995. The van der Waals surface area contributed by atoms with Crippen molar-refractivity contribution in [3.8, 4) is 5.75 Å². The molecule has 28 heavy (non-hydrogen) atoms. The number of nitrogens with one attached hydrogen (secondary N) is 1. The fourth-order valence-electron chi connectivity index (χ4n) is 2.38. The SMILES string of the molecule is CCOc1ccc(C(=O)CCC(=O)O[C@@H](C)C(=O)Nc2cccc(Cl)c2)cc1. The largest absolute Gasteiger partial charge is 0.494 e. The van der Waals surface area contributed by atoms with Crippen molar-refractivity contribution in [1.29, 1.82) is 0 Å². The molecule has 0 aliphatic carbocycles. The quantitative estimate of drug-likeness (QED) is 0.499.